The van der Waals surface area contributed by atoms with Crippen molar-refractivity contribution >= 4 is 11.6 Å². The van der Waals surface area contributed by atoms with Crippen LogP contribution in [0.5, 0.6) is 0 Å². The van der Waals surface area contributed by atoms with Gasteiger partial charge in [0, 0.05) is 6.04 Å². The Labute approximate surface area is 98.0 Å². The lowest BCUT2D eigenvalue weighted by atomic mass is 10.1. The standard InChI is InChI=1S/C10H14N4O3/c1-7(10(15)12-8-2-3-8)5-13-6-9(4-11-13)14(16)17/h4,6-8H,2-3,5H2,1H3,(H,12,15). The molecule has 7 nitrogen and oxygen atoms in total. The van der Waals surface area contributed by atoms with Crippen LogP contribution in [-0.4, -0.2) is 26.7 Å². The minimum atomic E-state index is -0.502. The molecule has 1 saturated carbocycles. The Bertz CT molecular complexity index is 439. The maximum absolute atomic E-state index is 11.7. The Morgan fingerprint density at radius 2 is 2.47 bits per heavy atom. The van der Waals surface area contributed by atoms with E-state index in [1.165, 1.54) is 17.1 Å². The summed E-state index contributed by atoms with van der Waals surface area (Å²) in [7, 11) is 0. The highest BCUT2D eigenvalue weighted by molar-refractivity contribution is 5.78. The van der Waals surface area contributed by atoms with Gasteiger partial charge in [-0.05, 0) is 12.8 Å². The Kier molecular flexibility index (Phi) is 3.08. The van der Waals surface area contributed by atoms with Crippen molar-refractivity contribution in [2.24, 2.45) is 5.92 Å². The predicted molar refractivity (Wildman–Crippen MR) is 59.2 cm³/mol. The molecule has 1 aliphatic rings. The lowest BCUT2D eigenvalue weighted by Crippen LogP contribution is -2.33. The highest BCUT2D eigenvalue weighted by Gasteiger charge is 2.26. The third-order valence-electron chi connectivity index (χ3n) is 2.66. The largest absolute Gasteiger partial charge is 0.353 e. The number of hydrogen-bond acceptors (Lipinski definition) is 4. The van der Waals surface area contributed by atoms with Gasteiger partial charge in [-0.15, -0.1) is 0 Å². The fourth-order valence-corrected chi connectivity index (χ4v) is 1.48. The van der Waals surface area contributed by atoms with Gasteiger partial charge in [-0.1, -0.05) is 6.92 Å². The molecule has 0 saturated heterocycles. The molecule has 0 radical (unpaired) electrons. The Morgan fingerprint density at radius 3 is 3.00 bits per heavy atom. The van der Waals surface area contributed by atoms with Gasteiger partial charge in [0.1, 0.15) is 12.4 Å². The summed E-state index contributed by atoms with van der Waals surface area (Å²) in [6.07, 6.45) is 4.61. The Morgan fingerprint density at radius 1 is 1.76 bits per heavy atom. The van der Waals surface area contributed by atoms with E-state index in [0.29, 0.717) is 12.6 Å². The van der Waals surface area contributed by atoms with E-state index in [-0.39, 0.29) is 17.5 Å². The Balaban J connectivity index is 1.89. The fourth-order valence-electron chi connectivity index (χ4n) is 1.48. The van der Waals surface area contributed by atoms with Crippen molar-refractivity contribution in [2.45, 2.75) is 32.4 Å². The average Bonchev–Trinajstić information content (AvgIpc) is 2.94. The molecular formula is C10H14N4O3. The monoisotopic (exact) mass is 238 g/mol. The molecule has 1 atom stereocenters. The molecule has 0 aromatic carbocycles. The van der Waals surface area contributed by atoms with E-state index in [0.717, 1.165) is 12.8 Å². The van der Waals surface area contributed by atoms with Gasteiger partial charge in [0.2, 0.25) is 5.91 Å². The molecule has 1 aromatic heterocycles. The van der Waals surface area contributed by atoms with Crippen molar-refractivity contribution in [1.29, 1.82) is 0 Å². The first-order valence-electron chi connectivity index (χ1n) is 5.53. The van der Waals surface area contributed by atoms with Crippen LogP contribution in [0.4, 0.5) is 5.69 Å². The van der Waals surface area contributed by atoms with E-state index in [1.54, 1.807) is 6.92 Å². The summed E-state index contributed by atoms with van der Waals surface area (Å²) in [5.41, 5.74) is -0.0557. The SMILES string of the molecule is CC(Cn1cc([N+](=O)[O-])cn1)C(=O)NC1CC1. The van der Waals surface area contributed by atoms with E-state index < -0.39 is 4.92 Å². The molecule has 1 aliphatic carbocycles. The molecule has 1 N–H and O–H groups in total. The van der Waals surface area contributed by atoms with Crippen molar-refractivity contribution in [3.05, 3.63) is 22.5 Å². The number of nitro groups is 1. The zero-order chi connectivity index (χ0) is 12.4. The number of hydrogen-bond donors (Lipinski definition) is 1. The van der Waals surface area contributed by atoms with E-state index >= 15 is 0 Å². The fraction of sp³-hybridized carbons (Fsp3) is 0.600. The quantitative estimate of drug-likeness (QED) is 0.604. The van der Waals surface area contributed by atoms with Gasteiger partial charge in [0.25, 0.3) is 0 Å². The number of nitrogens with zero attached hydrogens (tertiary/aromatic N) is 3. The number of carbonyl (C=O) groups excluding carboxylic acids is 1. The number of carbonyl (C=O) groups is 1. The van der Waals surface area contributed by atoms with Gasteiger partial charge in [-0.3, -0.25) is 19.6 Å². The van der Waals surface area contributed by atoms with Gasteiger partial charge in [-0.2, -0.15) is 5.10 Å². The van der Waals surface area contributed by atoms with Gasteiger partial charge in [0.05, 0.1) is 17.4 Å². The zero-order valence-electron chi connectivity index (χ0n) is 9.50. The van der Waals surface area contributed by atoms with Crippen molar-refractivity contribution in [2.75, 3.05) is 0 Å². The van der Waals surface area contributed by atoms with Crippen LogP contribution >= 0.6 is 0 Å². The summed E-state index contributed by atoms with van der Waals surface area (Å²) in [5.74, 6) is -0.263. The van der Waals surface area contributed by atoms with Gasteiger partial charge in [0.15, 0.2) is 0 Å². The Hall–Kier alpha value is -1.92. The molecular weight excluding hydrogens is 224 g/mol. The van der Waals surface area contributed by atoms with E-state index in [4.69, 9.17) is 0 Å². The molecule has 1 heterocycles. The molecule has 0 aliphatic heterocycles. The molecule has 17 heavy (non-hydrogen) atoms. The van der Waals surface area contributed by atoms with Gasteiger partial charge < -0.3 is 5.32 Å². The molecule has 1 fully saturated rings. The number of rotatable bonds is 5. The smallest absolute Gasteiger partial charge is 0.306 e. The molecule has 0 spiro atoms. The zero-order valence-corrected chi connectivity index (χ0v) is 9.50. The lowest BCUT2D eigenvalue weighted by Gasteiger charge is -2.11. The molecule has 1 unspecified atom stereocenters. The summed E-state index contributed by atoms with van der Waals surface area (Å²) in [5, 5.41) is 17.2. The molecule has 0 bridgehead atoms. The summed E-state index contributed by atoms with van der Waals surface area (Å²) >= 11 is 0. The van der Waals surface area contributed by atoms with Crippen molar-refractivity contribution in [1.82, 2.24) is 15.1 Å². The third-order valence-corrected chi connectivity index (χ3v) is 2.66. The molecule has 2 rings (SSSR count). The normalized spacial score (nSPS) is 16.5. The first-order chi connectivity index (χ1) is 8.06. The van der Waals surface area contributed by atoms with Gasteiger partial charge >= 0.3 is 5.69 Å². The molecule has 1 amide bonds. The van der Waals surface area contributed by atoms with Crippen LogP contribution in [0.25, 0.3) is 0 Å². The van der Waals surface area contributed by atoms with Crippen LogP contribution in [0.15, 0.2) is 12.4 Å². The lowest BCUT2D eigenvalue weighted by molar-refractivity contribution is -0.385. The van der Waals surface area contributed by atoms with Crippen molar-refractivity contribution in [3.8, 4) is 0 Å². The third kappa shape index (κ3) is 3.02. The molecule has 1 aromatic rings. The van der Waals surface area contributed by atoms with E-state index in [9.17, 15) is 14.9 Å². The van der Waals surface area contributed by atoms with E-state index in [2.05, 4.69) is 10.4 Å². The van der Waals surface area contributed by atoms with Crippen LogP contribution in [0.3, 0.4) is 0 Å². The van der Waals surface area contributed by atoms with Crippen LogP contribution in [0.2, 0.25) is 0 Å². The average molecular weight is 238 g/mol. The number of amides is 1. The van der Waals surface area contributed by atoms with Crippen LogP contribution < -0.4 is 5.32 Å². The van der Waals surface area contributed by atoms with Crippen LogP contribution in [0, 0.1) is 16.0 Å². The first-order valence-corrected chi connectivity index (χ1v) is 5.53. The molecule has 92 valence electrons. The maximum Gasteiger partial charge on any atom is 0.306 e. The van der Waals surface area contributed by atoms with Crippen LogP contribution in [0.1, 0.15) is 19.8 Å². The maximum atomic E-state index is 11.7. The first kappa shape index (κ1) is 11.6. The van der Waals surface area contributed by atoms with Crippen LogP contribution in [-0.2, 0) is 11.3 Å². The summed E-state index contributed by atoms with van der Waals surface area (Å²) in [4.78, 5) is 21.6. The van der Waals surface area contributed by atoms with Gasteiger partial charge in [-0.25, -0.2) is 0 Å². The van der Waals surface area contributed by atoms with Crippen molar-refractivity contribution in [3.63, 3.8) is 0 Å². The molecule has 7 heteroatoms. The minimum Gasteiger partial charge on any atom is -0.353 e. The second-order valence-electron chi connectivity index (χ2n) is 4.36. The second-order valence-corrected chi connectivity index (χ2v) is 4.36. The predicted octanol–water partition coefficient (Wildman–Crippen LogP) is 0.706. The number of nitrogens with one attached hydrogen (secondary N) is 1. The topological polar surface area (TPSA) is 90.1 Å². The second kappa shape index (κ2) is 4.52. The highest BCUT2D eigenvalue weighted by atomic mass is 16.6. The van der Waals surface area contributed by atoms with E-state index in [1.807, 2.05) is 0 Å². The number of aromatic nitrogens is 2. The summed E-state index contributed by atoms with van der Waals surface area (Å²) in [6.45, 7) is 2.14. The summed E-state index contributed by atoms with van der Waals surface area (Å²) in [6, 6.07) is 0.330. The minimum absolute atomic E-state index is 0.0225. The van der Waals surface area contributed by atoms with Crippen molar-refractivity contribution < 1.29 is 9.72 Å². The highest BCUT2D eigenvalue weighted by Crippen LogP contribution is 2.19. The summed E-state index contributed by atoms with van der Waals surface area (Å²) < 4.78 is 1.43.